The van der Waals surface area contributed by atoms with Crippen LogP contribution in [0.1, 0.15) is 25.7 Å². The van der Waals surface area contributed by atoms with E-state index < -0.39 is 0 Å². The highest BCUT2D eigenvalue weighted by Crippen LogP contribution is 2.36. The first kappa shape index (κ1) is 11.8. The van der Waals surface area contributed by atoms with Crippen LogP contribution in [0.5, 0.6) is 0 Å². The van der Waals surface area contributed by atoms with E-state index in [-0.39, 0.29) is 5.91 Å². The van der Waals surface area contributed by atoms with E-state index in [1.807, 2.05) is 24.3 Å². The Morgan fingerprint density at radius 3 is 2.83 bits per heavy atom. The van der Waals surface area contributed by atoms with E-state index in [4.69, 9.17) is 0 Å². The van der Waals surface area contributed by atoms with Gasteiger partial charge in [0.25, 0.3) is 0 Å². The minimum absolute atomic E-state index is 0.212. The number of amides is 1. The molecule has 0 spiro atoms. The van der Waals surface area contributed by atoms with Crippen molar-refractivity contribution in [3.05, 3.63) is 41.3 Å². The third-order valence-corrected chi connectivity index (χ3v) is 4.68. The summed E-state index contributed by atoms with van der Waals surface area (Å²) in [6.07, 6.45) is 6.46. The third-order valence-electron chi connectivity index (χ3n) is 3.62. The Labute approximate surface area is 112 Å². The predicted molar refractivity (Wildman–Crippen MR) is 74.4 cm³/mol. The lowest BCUT2D eigenvalue weighted by molar-refractivity contribution is -0.130. The van der Waals surface area contributed by atoms with Crippen molar-refractivity contribution in [3.8, 4) is 0 Å². The Kier molecular flexibility index (Phi) is 3.41. The summed E-state index contributed by atoms with van der Waals surface area (Å²) in [6, 6.07) is 10.8. The van der Waals surface area contributed by atoms with Gasteiger partial charge < -0.3 is 4.90 Å². The van der Waals surface area contributed by atoms with Crippen molar-refractivity contribution in [3.63, 3.8) is 0 Å². The van der Waals surface area contributed by atoms with Crippen LogP contribution in [0, 0.1) is 0 Å². The van der Waals surface area contributed by atoms with E-state index in [1.165, 1.54) is 22.6 Å². The number of fused-ring (bicyclic) bond motifs is 1. The lowest BCUT2D eigenvalue weighted by Gasteiger charge is -2.38. The molecule has 1 fully saturated rings. The molecule has 0 aliphatic carbocycles. The molecule has 3 rings (SSSR count). The van der Waals surface area contributed by atoms with Gasteiger partial charge >= 0.3 is 0 Å². The molecule has 1 saturated heterocycles. The highest BCUT2D eigenvalue weighted by atomic mass is 32.2. The molecule has 1 aromatic rings. The Morgan fingerprint density at radius 1 is 1.17 bits per heavy atom. The molecule has 2 aliphatic rings. The molecule has 94 valence electrons. The Hall–Kier alpha value is -1.22. The molecule has 0 N–H and O–H groups in total. The monoisotopic (exact) mass is 259 g/mol. The predicted octanol–water partition coefficient (Wildman–Crippen LogP) is 3.45. The molecule has 18 heavy (non-hydrogen) atoms. The highest BCUT2D eigenvalue weighted by molar-refractivity contribution is 8.03. The Morgan fingerprint density at radius 2 is 2.00 bits per heavy atom. The smallest absolute Gasteiger partial charge is 0.247 e. The maximum absolute atomic E-state index is 12.1. The Bertz CT molecular complexity index is 469. The fourth-order valence-electron chi connectivity index (χ4n) is 2.73. The van der Waals surface area contributed by atoms with E-state index in [0.717, 1.165) is 19.4 Å². The average molecular weight is 259 g/mol. The molecule has 3 heteroatoms. The number of thioether (sulfide) groups is 1. The van der Waals surface area contributed by atoms with Gasteiger partial charge in [-0.25, -0.2) is 0 Å². The van der Waals surface area contributed by atoms with Gasteiger partial charge in [-0.3, -0.25) is 4.79 Å². The summed E-state index contributed by atoms with van der Waals surface area (Å²) in [5.41, 5.74) is 0. The van der Waals surface area contributed by atoms with Crippen molar-refractivity contribution < 1.29 is 4.79 Å². The molecule has 1 atom stereocenters. The molecule has 1 unspecified atom stereocenters. The van der Waals surface area contributed by atoms with Crippen molar-refractivity contribution in [2.24, 2.45) is 0 Å². The van der Waals surface area contributed by atoms with Crippen LogP contribution in [-0.4, -0.2) is 23.4 Å². The number of carbonyl (C=O) groups is 1. The van der Waals surface area contributed by atoms with E-state index in [9.17, 15) is 4.79 Å². The van der Waals surface area contributed by atoms with Crippen molar-refractivity contribution in [1.82, 2.24) is 4.90 Å². The minimum atomic E-state index is 0.212. The van der Waals surface area contributed by atoms with Crippen molar-refractivity contribution in [1.29, 1.82) is 0 Å². The summed E-state index contributed by atoms with van der Waals surface area (Å²) in [5, 5.41) is 0. The summed E-state index contributed by atoms with van der Waals surface area (Å²) < 4.78 is 0. The maximum Gasteiger partial charge on any atom is 0.247 e. The number of hydrogen-bond donors (Lipinski definition) is 0. The summed E-state index contributed by atoms with van der Waals surface area (Å²) in [7, 11) is 0. The van der Waals surface area contributed by atoms with Gasteiger partial charge in [-0.1, -0.05) is 30.0 Å². The molecular formula is C15H17NOS. The van der Waals surface area contributed by atoms with Gasteiger partial charge in [-0.15, -0.1) is 0 Å². The lowest BCUT2D eigenvalue weighted by Crippen LogP contribution is -2.45. The third kappa shape index (κ3) is 2.46. The molecule has 1 aromatic carbocycles. The molecule has 2 aliphatic heterocycles. The van der Waals surface area contributed by atoms with Gasteiger partial charge in [-0.05, 0) is 42.7 Å². The number of piperidine rings is 1. The van der Waals surface area contributed by atoms with Crippen LogP contribution in [0.15, 0.2) is 46.2 Å². The number of carbonyl (C=O) groups excluding carboxylic acids is 1. The standard InChI is InChI=1S/C15H17NOS/c17-15-11-14(18-13-7-2-1-3-8-13)10-12-6-4-5-9-16(12)15/h1-3,7-8,11-12H,4-6,9-10H2. The van der Waals surface area contributed by atoms with Crippen molar-refractivity contribution in [2.45, 2.75) is 36.6 Å². The topological polar surface area (TPSA) is 20.3 Å². The number of nitrogens with zero attached hydrogens (tertiary/aromatic N) is 1. The summed E-state index contributed by atoms with van der Waals surface area (Å²) >= 11 is 1.74. The van der Waals surface area contributed by atoms with E-state index >= 15 is 0 Å². The van der Waals surface area contributed by atoms with Crippen molar-refractivity contribution in [2.75, 3.05) is 6.54 Å². The molecule has 1 amide bonds. The summed E-state index contributed by atoms with van der Waals surface area (Å²) in [4.78, 5) is 16.6. The largest absolute Gasteiger partial charge is 0.336 e. The SMILES string of the molecule is O=C1C=C(Sc2ccccc2)CC2CCCCN12. The second-order valence-corrected chi connectivity index (χ2v) is 6.11. The van der Waals surface area contributed by atoms with Crippen molar-refractivity contribution >= 4 is 17.7 Å². The average Bonchev–Trinajstić information content (AvgIpc) is 2.40. The first-order valence-corrected chi connectivity index (χ1v) is 7.38. The van der Waals surface area contributed by atoms with E-state index in [1.54, 1.807) is 11.8 Å². The van der Waals surface area contributed by atoms with Crippen LogP contribution < -0.4 is 0 Å². The normalized spacial score (nSPS) is 23.6. The van der Waals surface area contributed by atoms with E-state index in [0.29, 0.717) is 6.04 Å². The summed E-state index contributed by atoms with van der Waals surface area (Å²) in [6.45, 7) is 0.948. The van der Waals surface area contributed by atoms with Crippen LogP contribution >= 0.6 is 11.8 Å². The minimum Gasteiger partial charge on any atom is -0.336 e. The van der Waals surface area contributed by atoms with Crippen LogP contribution in [0.25, 0.3) is 0 Å². The summed E-state index contributed by atoms with van der Waals surface area (Å²) in [5.74, 6) is 0.212. The second kappa shape index (κ2) is 5.19. The van der Waals surface area contributed by atoms with Crippen LogP contribution in [0.3, 0.4) is 0 Å². The second-order valence-electron chi connectivity index (χ2n) is 4.91. The van der Waals surface area contributed by atoms with Gasteiger partial charge in [0, 0.05) is 23.6 Å². The molecule has 0 radical (unpaired) electrons. The molecule has 2 heterocycles. The maximum atomic E-state index is 12.1. The first-order chi connectivity index (χ1) is 8.83. The highest BCUT2D eigenvalue weighted by Gasteiger charge is 2.30. The quantitative estimate of drug-likeness (QED) is 0.811. The molecule has 0 saturated carbocycles. The molecule has 0 aromatic heterocycles. The van der Waals surface area contributed by atoms with Crippen LogP contribution in [0.4, 0.5) is 0 Å². The fourth-order valence-corrected chi connectivity index (χ4v) is 3.76. The van der Waals surface area contributed by atoms with Gasteiger partial charge in [0.1, 0.15) is 0 Å². The number of rotatable bonds is 2. The zero-order valence-corrected chi connectivity index (χ0v) is 11.2. The Balaban J connectivity index is 1.75. The van der Waals surface area contributed by atoms with Gasteiger partial charge in [0.05, 0.1) is 0 Å². The number of benzene rings is 1. The first-order valence-electron chi connectivity index (χ1n) is 6.57. The van der Waals surface area contributed by atoms with Gasteiger partial charge in [0.2, 0.25) is 5.91 Å². The molecular weight excluding hydrogens is 242 g/mol. The lowest BCUT2D eigenvalue weighted by atomic mass is 9.96. The molecule has 0 bridgehead atoms. The zero-order valence-electron chi connectivity index (χ0n) is 10.3. The van der Waals surface area contributed by atoms with E-state index in [2.05, 4.69) is 17.0 Å². The number of hydrogen-bond acceptors (Lipinski definition) is 2. The molecule has 2 nitrogen and oxygen atoms in total. The fraction of sp³-hybridized carbons (Fsp3) is 0.400. The van der Waals surface area contributed by atoms with Crippen LogP contribution in [0.2, 0.25) is 0 Å². The zero-order chi connectivity index (χ0) is 12.4. The van der Waals surface area contributed by atoms with Crippen LogP contribution in [-0.2, 0) is 4.79 Å². The van der Waals surface area contributed by atoms with Gasteiger partial charge in [0.15, 0.2) is 0 Å². The van der Waals surface area contributed by atoms with Gasteiger partial charge in [-0.2, -0.15) is 0 Å².